The summed E-state index contributed by atoms with van der Waals surface area (Å²) in [6.07, 6.45) is 5.27. The van der Waals surface area contributed by atoms with E-state index in [9.17, 15) is 9.59 Å². The minimum absolute atomic E-state index is 0.0377. The van der Waals surface area contributed by atoms with Gasteiger partial charge in [-0.3, -0.25) is 9.59 Å². The number of hydrogen-bond acceptors (Lipinski definition) is 5. The number of halogens is 1. The number of carbonyl (C=O) groups excluding carboxylic acids is 1. The first-order valence-corrected chi connectivity index (χ1v) is 11.9. The smallest absolute Gasteiger partial charge is 0.303 e. The van der Waals surface area contributed by atoms with Gasteiger partial charge in [0.15, 0.2) is 5.78 Å². The number of Topliss-reactive ketones (excluding diaryl/α,β-unsaturated/α-hetero) is 1. The Hall–Kier alpha value is -2.73. The summed E-state index contributed by atoms with van der Waals surface area (Å²) in [5, 5.41) is 9.49. The van der Waals surface area contributed by atoms with E-state index in [2.05, 4.69) is 6.92 Å². The zero-order valence-corrected chi connectivity index (χ0v) is 19.8. The molecule has 1 aliphatic heterocycles. The fraction of sp³-hybridized carbons (Fsp3) is 0.462. The van der Waals surface area contributed by atoms with Crippen molar-refractivity contribution in [1.82, 2.24) is 0 Å². The molecule has 3 rings (SSSR count). The number of carboxylic acid groups (broad SMARTS) is 1. The third-order valence-corrected chi connectivity index (χ3v) is 5.76. The molecule has 1 aliphatic rings. The van der Waals surface area contributed by atoms with Crippen LogP contribution in [0.4, 0.5) is 0 Å². The molecule has 0 bridgehead atoms. The zero-order valence-electron chi connectivity index (χ0n) is 19.0. The number of aliphatic carboxylic acids is 1. The third kappa shape index (κ3) is 7.13. The van der Waals surface area contributed by atoms with Gasteiger partial charge in [0.05, 0.1) is 25.4 Å². The third-order valence-electron chi connectivity index (χ3n) is 5.53. The van der Waals surface area contributed by atoms with E-state index in [4.69, 9.17) is 30.9 Å². The van der Waals surface area contributed by atoms with Crippen LogP contribution in [0, 0.1) is 0 Å². The van der Waals surface area contributed by atoms with E-state index in [1.807, 2.05) is 12.1 Å². The first kappa shape index (κ1) is 24.9. The predicted octanol–water partition coefficient (Wildman–Crippen LogP) is 5.90. The maximum atomic E-state index is 12.2. The van der Waals surface area contributed by atoms with Gasteiger partial charge >= 0.3 is 5.97 Å². The number of fused-ring (bicyclic) bond motifs is 1. The van der Waals surface area contributed by atoms with E-state index < -0.39 is 5.97 Å². The average molecular weight is 475 g/mol. The number of rotatable bonds is 13. The van der Waals surface area contributed by atoms with Gasteiger partial charge in [0.2, 0.25) is 0 Å². The molecule has 2 aromatic rings. The maximum Gasteiger partial charge on any atom is 0.303 e. The van der Waals surface area contributed by atoms with Crippen LogP contribution in [-0.2, 0) is 17.6 Å². The lowest BCUT2D eigenvalue weighted by Gasteiger charge is -2.22. The summed E-state index contributed by atoms with van der Waals surface area (Å²) in [7, 11) is 0. The highest BCUT2D eigenvalue weighted by Gasteiger charge is 2.23. The Morgan fingerprint density at radius 2 is 1.79 bits per heavy atom. The number of aryl methyl sites for hydroxylation is 1. The fourth-order valence-corrected chi connectivity index (χ4v) is 4.06. The molecule has 7 heteroatoms. The molecule has 178 valence electrons. The van der Waals surface area contributed by atoms with Crippen LogP contribution in [0.2, 0.25) is 5.02 Å². The summed E-state index contributed by atoms with van der Waals surface area (Å²) in [5.74, 6) is 1.46. The van der Waals surface area contributed by atoms with Crippen LogP contribution >= 0.6 is 11.6 Å². The van der Waals surface area contributed by atoms with Crippen LogP contribution in [-0.4, -0.2) is 36.7 Å². The van der Waals surface area contributed by atoms with Gasteiger partial charge in [-0.15, -0.1) is 0 Å². The highest BCUT2D eigenvalue weighted by molar-refractivity contribution is 6.30. The molecular weight excluding hydrogens is 444 g/mol. The number of ketones is 1. The van der Waals surface area contributed by atoms with Gasteiger partial charge in [0, 0.05) is 23.4 Å². The van der Waals surface area contributed by atoms with E-state index in [0.717, 1.165) is 49.0 Å². The molecule has 0 fully saturated rings. The molecule has 0 radical (unpaired) electrons. The van der Waals surface area contributed by atoms with E-state index in [0.29, 0.717) is 54.7 Å². The molecule has 33 heavy (non-hydrogen) atoms. The lowest BCUT2D eigenvalue weighted by Crippen LogP contribution is -2.17. The van der Waals surface area contributed by atoms with Crippen molar-refractivity contribution in [2.45, 2.75) is 58.3 Å². The lowest BCUT2D eigenvalue weighted by molar-refractivity contribution is -0.136. The zero-order chi connectivity index (χ0) is 23.6. The SMILES string of the molecule is CCCc1c(OCCCCCOc2ccc(Cl)cc2CCC(=O)O)ccc2c1OCCC2=O. The topological polar surface area (TPSA) is 82.1 Å². The van der Waals surface area contributed by atoms with Gasteiger partial charge in [0.1, 0.15) is 17.2 Å². The fourth-order valence-electron chi connectivity index (χ4n) is 3.87. The molecule has 0 unspecified atom stereocenters. The summed E-state index contributed by atoms with van der Waals surface area (Å²) < 4.78 is 17.7. The number of carboxylic acids is 1. The second-order valence-corrected chi connectivity index (χ2v) is 8.53. The van der Waals surface area contributed by atoms with E-state index in [1.54, 1.807) is 18.2 Å². The molecule has 1 heterocycles. The van der Waals surface area contributed by atoms with Crippen LogP contribution in [0.1, 0.15) is 66.9 Å². The Kier molecular flexibility index (Phi) is 9.43. The number of ether oxygens (including phenoxy) is 3. The van der Waals surface area contributed by atoms with E-state index in [-0.39, 0.29) is 12.2 Å². The number of hydrogen-bond donors (Lipinski definition) is 1. The Balaban J connectivity index is 1.45. The minimum Gasteiger partial charge on any atom is -0.493 e. The van der Waals surface area contributed by atoms with Crippen molar-refractivity contribution in [3.05, 3.63) is 52.0 Å². The summed E-state index contributed by atoms with van der Waals surface area (Å²) in [6, 6.07) is 9.00. The second-order valence-electron chi connectivity index (χ2n) is 8.09. The van der Waals surface area contributed by atoms with Crippen molar-refractivity contribution in [2.75, 3.05) is 19.8 Å². The molecule has 1 N–H and O–H groups in total. The Morgan fingerprint density at radius 3 is 2.52 bits per heavy atom. The van der Waals surface area contributed by atoms with Gasteiger partial charge in [-0.05, 0) is 68.0 Å². The summed E-state index contributed by atoms with van der Waals surface area (Å²) in [5.41, 5.74) is 2.46. The van der Waals surface area contributed by atoms with Gasteiger partial charge in [-0.2, -0.15) is 0 Å². The van der Waals surface area contributed by atoms with Crippen molar-refractivity contribution in [2.24, 2.45) is 0 Å². The highest BCUT2D eigenvalue weighted by Crippen LogP contribution is 2.36. The lowest BCUT2D eigenvalue weighted by atomic mass is 9.98. The van der Waals surface area contributed by atoms with E-state index >= 15 is 0 Å². The van der Waals surface area contributed by atoms with Crippen molar-refractivity contribution >= 4 is 23.4 Å². The second kappa shape index (κ2) is 12.5. The molecule has 6 nitrogen and oxygen atoms in total. The number of unbranched alkanes of at least 4 members (excludes halogenated alkanes) is 2. The monoisotopic (exact) mass is 474 g/mol. The molecule has 0 aromatic heterocycles. The number of benzene rings is 2. The van der Waals surface area contributed by atoms with Crippen molar-refractivity contribution in [1.29, 1.82) is 0 Å². The number of carbonyl (C=O) groups is 2. The maximum absolute atomic E-state index is 12.2. The van der Waals surface area contributed by atoms with Gasteiger partial charge < -0.3 is 19.3 Å². The van der Waals surface area contributed by atoms with Crippen LogP contribution in [0.3, 0.4) is 0 Å². The Bertz CT molecular complexity index is 971. The molecule has 2 aromatic carbocycles. The molecular formula is C26H31ClO6. The van der Waals surface area contributed by atoms with Crippen LogP contribution in [0.25, 0.3) is 0 Å². The molecule has 0 saturated carbocycles. The average Bonchev–Trinajstić information content (AvgIpc) is 2.79. The van der Waals surface area contributed by atoms with Crippen molar-refractivity contribution < 1.29 is 28.9 Å². The quantitative estimate of drug-likeness (QED) is 0.364. The molecule has 0 aliphatic carbocycles. The molecule has 0 saturated heterocycles. The molecule has 0 spiro atoms. The Labute approximate surface area is 199 Å². The van der Waals surface area contributed by atoms with E-state index in [1.165, 1.54) is 0 Å². The van der Waals surface area contributed by atoms with Crippen LogP contribution < -0.4 is 14.2 Å². The summed E-state index contributed by atoms with van der Waals surface area (Å²) in [4.78, 5) is 23.0. The highest BCUT2D eigenvalue weighted by atomic mass is 35.5. The Morgan fingerprint density at radius 1 is 1.06 bits per heavy atom. The van der Waals surface area contributed by atoms with Crippen LogP contribution in [0.5, 0.6) is 17.2 Å². The normalized spacial score (nSPS) is 12.7. The van der Waals surface area contributed by atoms with Crippen molar-refractivity contribution in [3.63, 3.8) is 0 Å². The first-order valence-electron chi connectivity index (χ1n) is 11.6. The van der Waals surface area contributed by atoms with Gasteiger partial charge in [0.25, 0.3) is 0 Å². The van der Waals surface area contributed by atoms with Gasteiger partial charge in [-0.1, -0.05) is 24.9 Å². The summed E-state index contributed by atoms with van der Waals surface area (Å²) >= 11 is 6.04. The predicted molar refractivity (Wildman–Crippen MR) is 127 cm³/mol. The van der Waals surface area contributed by atoms with Crippen LogP contribution in [0.15, 0.2) is 30.3 Å². The molecule has 0 atom stereocenters. The minimum atomic E-state index is -0.847. The standard InChI is InChI=1S/C26H31ClO6/c1-2-6-21-24(11-9-20-22(28)13-16-33-26(20)21)32-15-5-3-4-14-31-23-10-8-19(27)17-18(23)7-12-25(29)30/h8-11,17H,2-7,12-16H2,1H3,(H,29,30). The van der Waals surface area contributed by atoms with Crippen molar-refractivity contribution in [3.8, 4) is 17.2 Å². The largest absolute Gasteiger partial charge is 0.493 e. The summed E-state index contributed by atoms with van der Waals surface area (Å²) in [6.45, 7) is 3.64. The first-order chi connectivity index (χ1) is 16.0. The van der Waals surface area contributed by atoms with Gasteiger partial charge in [-0.25, -0.2) is 0 Å². The molecule has 0 amide bonds.